The van der Waals surface area contributed by atoms with Crippen molar-refractivity contribution in [3.8, 4) is 0 Å². The lowest BCUT2D eigenvalue weighted by atomic mass is 10.1. The molecule has 0 aliphatic heterocycles. The van der Waals surface area contributed by atoms with E-state index in [1.807, 2.05) is 0 Å². The summed E-state index contributed by atoms with van der Waals surface area (Å²) >= 11 is 0. The highest BCUT2D eigenvalue weighted by Gasteiger charge is 2.14. The van der Waals surface area contributed by atoms with E-state index in [0.717, 1.165) is 0 Å². The van der Waals surface area contributed by atoms with Crippen molar-refractivity contribution in [3.05, 3.63) is 40.7 Å². The number of non-ortho nitro benzene ring substituents is 1. The first kappa shape index (κ1) is 12.7. The number of nitrogens with zero attached hydrogens (tertiary/aromatic N) is 2. The summed E-state index contributed by atoms with van der Waals surface area (Å²) < 4.78 is 0. The first-order valence-electron chi connectivity index (χ1n) is 5.20. The van der Waals surface area contributed by atoms with Gasteiger partial charge in [-0.3, -0.25) is 25.4 Å². The van der Waals surface area contributed by atoms with Crippen LogP contribution in [0.4, 0.5) is 11.4 Å². The van der Waals surface area contributed by atoms with Crippen molar-refractivity contribution in [1.29, 1.82) is 0 Å². The number of nitrogens with one attached hydrogen (secondary N) is 1. The maximum Gasteiger partial charge on any atom is 0.332 e. The lowest BCUT2D eigenvalue weighted by Crippen LogP contribution is -2.11. The highest BCUT2D eigenvalue weighted by Crippen LogP contribution is 2.30. The molecule has 0 aliphatic carbocycles. The van der Waals surface area contributed by atoms with Crippen LogP contribution in [0.15, 0.2) is 30.6 Å². The Balaban J connectivity index is 2.38. The van der Waals surface area contributed by atoms with Crippen molar-refractivity contribution in [1.82, 2.24) is 4.98 Å². The van der Waals surface area contributed by atoms with Crippen LogP contribution in [0.3, 0.4) is 0 Å². The number of benzene rings is 1. The molecule has 1 aromatic heterocycles. The monoisotopic (exact) mass is 263 g/mol. The summed E-state index contributed by atoms with van der Waals surface area (Å²) in [6.45, 7) is -0.529. The van der Waals surface area contributed by atoms with E-state index in [0.29, 0.717) is 16.5 Å². The summed E-state index contributed by atoms with van der Waals surface area (Å²) in [5.41, 5.74) is 2.80. The van der Waals surface area contributed by atoms with Crippen LogP contribution in [0.2, 0.25) is 0 Å². The molecule has 0 radical (unpaired) electrons. The minimum atomic E-state index is -1.13. The molecule has 1 aromatic carbocycles. The van der Waals surface area contributed by atoms with E-state index in [1.165, 1.54) is 30.6 Å². The number of carboxylic acid groups (broad SMARTS) is 1. The number of aliphatic carboxylic acids is 1. The highest BCUT2D eigenvalue weighted by molar-refractivity contribution is 5.98. The Morgan fingerprint density at radius 1 is 1.42 bits per heavy atom. The van der Waals surface area contributed by atoms with E-state index in [9.17, 15) is 14.9 Å². The van der Waals surface area contributed by atoms with Gasteiger partial charge in [-0.05, 0) is 12.1 Å². The maximum atomic E-state index is 10.9. The van der Waals surface area contributed by atoms with Crippen molar-refractivity contribution >= 4 is 28.1 Å². The average Bonchev–Trinajstić information content (AvgIpc) is 2.38. The van der Waals surface area contributed by atoms with Gasteiger partial charge in [-0.15, -0.1) is 0 Å². The van der Waals surface area contributed by atoms with E-state index in [-0.39, 0.29) is 5.69 Å². The third-order valence-corrected chi connectivity index (χ3v) is 2.37. The van der Waals surface area contributed by atoms with Crippen LogP contribution in [0.25, 0.3) is 10.8 Å². The lowest BCUT2D eigenvalue weighted by Gasteiger charge is -2.08. The summed E-state index contributed by atoms with van der Waals surface area (Å²) in [4.78, 5) is 29.3. The Morgan fingerprint density at radius 3 is 2.89 bits per heavy atom. The van der Waals surface area contributed by atoms with E-state index in [2.05, 4.69) is 10.5 Å². The van der Waals surface area contributed by atoms with E-state index < -0.39 is 17.5 Å². The Hall–Kier alpha value is -2.74. The molecule has 0 saturated heterocycles. The van der Waals surface area contributed by atoms with Gasteiger partial charge in [-0.25, -0.2) is 4.79 Å². The second-order valence-electron chi connectivity index (χ2n) is 3.60. The third kappa shape index (κ3) is 2.75. The molecule has 8 nitrogen and oxygen atoms in total. The summed E-state index contributed by atoms with van der Waals surface area (Å²) in [5.74, 6) is -1.13. The van der Waals surface area contributed by atoms with Crippen LogP contribution in [-0.4, -0.2) is 27.6 Å². The fraction of sp³-hybridized carbons (Fsp3) is 0.0909. The standard InChI is InChI=1S/C11H9N3O5/c15-11(16)6-19-13-9-1-2-10(14(17)18)7-3-4-12-5-8(7)9/h1-5,13H,6H2,(H,15,16). The molecule has 2 N–H and O–H groups in total. The smallest absolute Gasteiger partial charge is 0.332 e. The van der Waals surface area contributed by atoms with Gasteiger partial charge in [0.25, 0.3) is 5.69 Å². The molecule has 0 saturated carbocycles. The summed E-state index contributed by atoms with van der Waals surface area (Å²) in [7, 11) is 0. The van der Waals surface area contributed by atoms with Crippen molar-refractivity contribution in [2.45, 2.75) is 0 Å². The number of aromatic nitrogens is 1. The minimum absolute atomic E-state index is 0.0545. The number of rotatable bonds is 5. The van der Waals surface area contributed by atoms with Gasteiger partial charge in [-0.1, -0.05) is 0 Å². The number of carbonyl (C=O) groups is 1. The Bertz CT molecular complexity index is 643. The quantitative estimate of drug-likeness (QED) is 0.621. The Kier molecular flexibility index (Phi) is 3.53. The molecule has 0 bridgehead atoms. The third-order valence-electron chi connectivity index (χ3n) is 2.37. The number of nitro groups is 1. The van der Waals surface area contributed by atoms with Crippen LogP contribution in [-0.2, 0) is 9.63 Å². The number of hydrogen-bond donors (Lipinski definition) is 2. The van der Waals surface area contributed by atoms with Gasteiger partial charge < -0.3 is 5.11 Å². The molecule has 2 rings (SSSR count). The summed E-state index contributed by atoms with van der Waals surface area (Å²) in [5, 5.41) is 20.2. The molecule has 0 spiro atoms. The molecular weight excluding hydrogens is 254 g/mol. The first-order chi connectivity index (χ1) is 9.09. The number of fused-ring (bicyclic) bond motifs is 1. The highest BCUT2D eigenvalue weighted by atomic mass is 16.7. The number of anilines is 1. The van der Waals surface area contributed by atoms with Crippen LogP contribution in [0.1, 0.15) is 0 Å². The Labute approximate surface area is 106 Å². The van der Waals surface area contributed by atoms with Gasteiger partial charge in [0.05, 0.1) is 16.0 Å². The minimum Gasteiger partial charge on any atom is -0.479 e. The van der Waals surface area contributed by atoms with Gasteiger partial charge >= 0.3 is 5.97 Å². The normalized spacial score (nSPS) is 10.3. The summed E-state index contributed by atoms with van der Waals surface area (Å²) in [6, 6.07) is 4.26. The largest absolute Gasteiger partial charge is 0.479 e. The maximum absolute atomic E-state index is 10.9. The van der Waals surface area contributed by atoms with Crippen molar-refractivity contribution in [2.24, 2.45) is 0 Å². The zero-order valence-electron chi connectivity index (χ0n) is 9.57. The molecule has 0 unspecified atom stereocenters. The van der Waals surface area contributed by atoms with E-state index >= 15 is 0 Å². The van der Waals surface area contributed by atoms with Gasteiger partial charge in [-0.2, -0.15) is 0 Å². The fourth-order valence-corrected chi connectivity index (χ4v) is 1.60. The second kappa shape index (κ2) is 5.27. The lowest BCUT2D eigenvalue weighted by molar-refractivity contribution is -0.383. The molecule has 0 fully saturated rings. The molecule has 8 heteroatoms. The van der Waals surface area contributed by atoms with Crippen molar-refractivity contribution in [3.63, 3.8) is 0 Å². The number of carboxylic acids is 1. The number of nitro benzene ring substituents is 1. The molecule has 2 aromatic rings. The van der Waals surface area contributed by atoms with Crippen molar-refractivity contribution in [2.75, 3.05) is 12.1 Å². The first-order valence-corrected chi connectivity index (χ1v) is 5.20. The van der Waals surface area contributed by atoms with Gasteiger partial charge in [0.2, 0.25) is 0 Å². The number of pyridine rings is 1. The molecule has 0 atom stereocenters. The van der Waals surface area contributed by atoms with E-state index in [1.54, 1.807) is 0 Å². The van der Waals surface area contributed by atoms with Crippen LogP contribution in [0, 0.1) is 10.1 Å². The molecular formula is C11H9N3O5. The summed E-state index contributed by atoms with van der Waals surface area (Å²) in [6.07, 6.45) is 2.88. The van der Waals surface area contributed by atoms with Gasteiger partial charge in [0, 0.05) is 23.8 Å². The predicted molar refractivity (Wildman–Crippen MR) is 65.6 cm³/mol. The number of hydrogen-bond acceptors (Lipinski definition) is 6. The molecule has 98 valence electrons. The average molecular weight is 263 g/mol. The van der Waals surface area contributed by atoms with Crippen LogP contribution >= 0.6 is 0 Å². The zero-order valence-corrected chi connectivity index (χ0v) is 9.57. The van der Waals surface area contributed by atoms with Crippen molar-refractivity contribution < 1.29 is 19.7 Å². The van der Waals surface area contributed by atoms with E-state index in [4.69, 9.17) is 9.94 Å². The fourth-order valence-electron chi connectivity index (χ4n) is 1.60. The van der Waals surface area contributed by atoms with Crippen LogP contribution < -0.4 is 5.48 Å². The SMILES string of the molecule is O=C(O)CONc1ccc([N+](=O)[O-])c2ccncc12. The van der Waals surface area contributed by atoms with Gasteiger partial charge in [0.15, 0.2) is 6.61 Å². The van der Waals surface area contributed by atoms with Crippen LogP contribution in [0.5, 0.6) is 0 Å². The molecule has 19 heavy (non-hydrogen) atoms. The predicted octanol–water partition coefficient (Wildman–Crippen LogP) is 1.57. The molecule has 0 amide bonds. The van der Waals surface area contributed by atoms with Gasteiger partial charge in [0.1, 0.15) is 0 Å². The topological polar surface area (TPSA) is 115 Å². The molecule has 0 aliphatic rings. The molecule has 1 heterocycles. The zero-order chi connectivity index (χ0) is 13.8. The second-order valence-corrected chi connectivity index (χ2v) is 3.60. The Morgan fingerprint density at radius 2 is 2.21 bits per heavy atom.